The first-order valence-corrected chi connectivity index (χ1v) is 51.3. The summed E-state index contributed by atoms with van der Waals surface area (Å²) in [5, 5.41) is 33.0. The molecule has 2 amide bonds. The molecule has 26 nitrogen and oxygen atoms in total. The number of benzene rings is 9. The highest BCUT2D eigenvalue weighted by molar-refractivity contribution is 7.99. The Morgan fingerprint density at radius 2 is 0.952 bits per heavy atom. The minimum atomic E-state index is -0.374. The summed E-state index contributed by atoms with van der Waals surface area (Å²) in [5.74, 6) is 0.597. The number of carbonyl (C=O) groups excluding carboxylic acids is 8. The molecule has 0 spiro atoms. The van der Waals surface area contributed by atoms with Crippen LogP contribution in [0.4, 0.5) is 11.4 Å². The standard InChI is InChI=1S/C31H29N5O3.C31H33N3O4.C28H21N3O3.C26H22Cl3N3O2S/c1-34(16-17-37)14-7-15-36-26-12-5-3-10-23(26)31(33-36)30-28(39)18-27(38)29(30)24-20-35(21-8-6-13-32-19-21)25-11-4-2-9-22(24)25;1-2-32-11-15-37-17-13-33-20-24(22-7-3-5-9-26(22)33)30-28(35)19-29(36)31(30)25-21-34(14-18-38-16-12-32)27-10-6-4-8-23(25)27;32-13-12-30-16-21(19-7-1-3-9-23(19)30)27-25(33)14-26(34)28(27)22-17-31(18-6-5-11-29-15-18)24-10-4-2-8-20(22)24;27-18-9-17(10-19(28)11-18)25(33)30-20-5-6-22(23(29)12-20)26(34)32-14-21-15-35-8-7-31(21)13-16-3-1-2-4-24(16)32/h2-6,8-13,19-20,37H,7,14-18H2,1H3;3-10,20-21H,2,11-19H2,1H3;1-11,15-17,32H,12-14H2;1-6,9-12,21H,7-8,13-15H2,(H,30,33). The quantitative estimate of drug-likeness (QED) is 0.0673. The van der Waals surface area contributed by atoms with E-state index in [9.17, 15) is 48.6 Å². The third-order valence-corrected chi connectivity index (χ3v) is 29.6. The zero-order chi connectivity index (χ0) is 101. The van der Waals surface area contributed by atoms with Gasteiger partial charge in [0.25, 0.3) is 11.8 Å². The number of aryl methyl sites for hydroxylation is 1. The molecule has 3 N–H and O–H groups in total. The van der Waals surface area contributed by atoms with Crippen molar-refractivity contribution in [2.45, 2.75) is 71.4 Å². The smallest absolute Gasteiger partial charge is 0.259 e. The number of nitrogens with zero attached hydrogens (tertiary/aromatic N) is 13. The van der Waals surface area contributed by atoms with Crippen LogP contribution in [-0.2, 0) is 71.0 Å². The fourth-order valence-electron chi connectivity index (χ4n) is 20.8. The van der Waals surface area contributed by atoms with E-state index >= 15 is 0 Å². The number of pyridine rings is 2. The molecule has 11 heterocycles. The molecule has 738 valence electrons. The zero-order valence-electron chi connectivity index (χ0n) is 80.5. The van der Waals surface area contributed by atoms with Crippen LogP contribution in [0.3, 0.4) is 0 Å². The molecule has 4 bridgehead atoms. The molecule has 0 radical (unpaired) electrons. The summed E-state index contributed by atoms with van der Waals surface area (Å²) in [6, 6.07) is 73.1. The number of aliphatic hydroxyl groups excluding tert-OH is 2. The van der Waals surface area contributed by atoms with Crippen molar-refractivity contribution in [3.8, 4) is 11.4 Å². The Balaban J connectivity index is 0.000000119. The van der Waals surface area contributed by atoms with Crippen molar-refractivity contribution in [2.24, 2.45) is 0 Å². The average Bonchev–Trinajstić information content (AvgIpc) is 1.59. The van der Waals surface area contributed by atoms with Crippen molar-refractivity contribution in [2.75, 3.05) is 114 Å². The highest BCUT2D eigenvalue weighted by Crippen LogP contribution is 2.47. The van der Waals surface area contributed by atoms with Crippen LogP contribution in [0.25, 0.3) is 110 Å². The number of amides is 2. The van der Waals surface area contributed by atoms with Crippen molar-refractivity contribution in [3.63, 3.8) is 0 Å². The van der Waals surface area contributed by atoms with Gasteiger partial charge in [-0.15, -0.1) is 0 Å². The molecule has 6 aliphatic rings. The second kappa shape index (κ2) is 44.3. The molecular formula is C116H105Cl3N14O12S. The molecule has 1 atom stereocenters. The number of aliphatic hydroxyl groups is 2. The Morgan fingerprint density at radius 3 is 1.48 bits per heavy atom. The summed E-state index contributed by atoms with van der Waals surface area (Å²) in [4.78, 5) is 124. The number of para-hydroxylation sites is 7. The Labute approximate surface area is 861 Å². The number of allylic oxidation sites excluding steroid dienone is 6. The molecule has 17 aromatic rings. The second-order valence-corrected chi connectivity index (χ2v) is 39.2. The van der Waals surface area contributed by atoms with Crippen molar-refractivity contribution < 1.29 is 58.0 Å². The van der Waals surface area contributed by atoms with Crippen LogP contribution in [0, 0.1) is 0 Å². The molecule has 3 aliphatic carbocycles. The number of Topliss-reactive ketones (excluding diaryl/α,β-unsaturated/α-hetero) is 6. The molecule has 8 aromatic heterocycles. The van der Waals surface area contributed by atoms with Crippen LogP contribution in [0.15, 0.2) is 286 Å². The lowest BCUT2D eigenvalue weighted by Gasteiger charge is -2.35. The Morgan fingerprint density at radius 1 is 0.479 bits per heavy atom. The Kier molecular flexibility index (Phi) is 30.0. The normalized spacial score (nSPS) is 16.1. The van der Waals surface area contributed by atoms with Gasteiger partial charge in [0.05, 0.1) is 115 Å². The second-order valence-electron chi connectivity index (χ2n) is 36.8. The maximum Gasteiger partial charge on any atom is 0.259 e. The van der Waals surface area contributed by atoms with Crippen LogP contribution < -0.4 is 10.2 Å². The molecular weight excluding hydrogens is 1920 g/mol. The summed E-state index contributed by atoms with van der Waals surface area (Å²) in [6.45, 7) is 13.6. The number of thioether (sulfide) groups is 1. The third-order valence-electron chi connectivity index (χ3n) is 27.7. The van der Waals surface area contributed by atoms with Crippen molar-refractivity contribution in [1.29, 1.82) is 0 Å². The summed E-state index contributed by atoms with van der Waals surface area (Å²) < 4.78 is 24.2. The molecule has 1 unspecified atom stereocenters. The number of fused-ring (bicyclic) bond motifs is 18. The SMILES string of the molecule is CCN1CCOCCn2cc(c3ccccc32)C2=C(C(=O)CC2=O)c2cn(c3ccccc23)CCOCC1.CN(CCO)CCCn1nc(C2=C(c3cn(-c4cccnc4)c4ccccc34)C(=O)CC2=O)c2ccccc21.O=C(Nc1ccc(C(=O)N2CC3CSCCN3Cc3ccccc32)c(Cl)c1)c1cc(Cl)cc(Cl)c1.O=C1CC(=O)C(c2cn(-c3cccnc3)c3ccccc23)=C1c1cn(CCO)c2ccccc12. The van der Waals surface area contributed by atoms with Gasteiger partial charge in [0, 0.05) is 258 Å². The van der Waals surface area contributed by atoms with Gasteiger partial charge in [0.2, 0.25) is 0 Å². The molecule has 1 fully saturated rings. The maximum absolute atomic E-state index is 13.7. The number of hydrogen-bond acceptors (Lipinski definition) is 19. The monoisotopic (exact) mass is 2020 g/mol. The molecule has 30 heteroatoms. The number of likely N-dealkylation sites (N-methyl/N-ethyl adjacent to an activating group) is 2. The maximum atomic E-state index is 13.7. The third kappa shape index (κ3) is 20.3. The largest absolute Gasteiger partial charge is 0.395 e. The highest BCUT2D eigenvalue weighted by atomic mass is 35.5. The number of hydrogen-bond donors (Lipinski definition) is 3. The summed E-state index contributed by atoms with van der Waals surface area (Å²) in [6.07, 6.45) is 17.2. The van der Waals surface area contributed by atoms with E-state index in [1.165, 1.54) is 12.1 Å². The summed E-state index contributed by atoms with van der Waals surface area (Å²) in [5.41, 5.74) is 18.0. The van der Waals surface area contributed by atoms with Crippen LogP contribution in [-0.4, -0.2) is 224 Å². The minimum Gasteiger partial charge on any atom is -0.395 e. The van der Waals surface area contributed by atoms with E-state index in [4.69, 9.17) is 49.4 Å². The predicted molar refractivity (Wildman–Crippen MR) is 578 cm³/mol. The van der Waals surface area contributed by atoms with Crippen molar-refractivity contribution in [1.82, 2.24) is 57.3 Å². The fraction of sp³-hybridized carbons (Fsp3) is 0.233. The van der Waals surface area contributed by atoms with E-state index in [2.05, 4.69) is 64.2 Å². The van der Waals surface area contributed by atoms with Gasteiger partial charge in [-0.25, -0.2) is 0 Å². The number of aromatic nitrogens is 9. The van der Waals surface area contributed by atoms with Crippen molar-refractivity contribution in [3.05, 3.63) is 352 Å². The number of nitrogens with one attached hydrogen (secondary N) is 1. The van der Waals surface area contributed by atoms with Gasteiger partial charge in [0.15, 0.2) is 34.7 Å². The van der Waals surface area contributed by atoms with E-state index in [0.29, 0.717) is 132 Å². The summed E-state index contributed by atoms with van der Waals surface area (Å²) >= 11 is 20.5. The van der Waals surface area contributed by atoms with E-state index in [1.54, 1.807) is 49.1 Å². The molecule has 9 aromatic carbocycles. The summed E-state index contributed by atoms with van der Waals surface area (Å²) in [7, 11) is 1.98. The van der Waals surface area contributed by atoms with Gasteiger partial charge in [0.1, 0.15) is 5.69 Å². The Bertz CT molecular complexity index is 7940. The van der Waals surface area contributed by atoms with Gasteiger partial charge < -0.3 is 57.6 Å². The topological polar surface area (TPSA) is 289 Å². The Hall–Kier alpha value is -14.4. The first kappa shape index (κ1) is 98.9. The lowest BCUT2D eigenvalue weighted by atomic mass is 9.95. The lowest BCUT2D eigenvalue weighted by molar-refractivity contribution is -0.121. The lowest BCUT2D eigenvalue weighted by Crippen LogP contribution is -2.48. The predicted octanol–water partition coefficient (Wildman–Crippen LogP) is 19.5. The molecule has 1 saturated heterocycles. The highest BCUT2D eigenvalue weighted by Gasteiger charge is 2.41. The van der Waals surface area contributed by atoms with E-state index in [-0.39, 0.29) is 90.1 Å². The van der Waals surface area contributed by atoms with Gasteiger partial charge in [-0.2, -0.15) is 16.9 Å². The zero-order valence-corrected chi connectivity index (χ0v) is 83.6. The van der Waals surface area contributed by atoms with Gasteiger partial charge in [-0.3, -0.25) is 62.8 Å². The number of carbonyl (C=O) groups is 8. The van der Waals surface area contributed by atoms with Crippen molar-refractivity contribution >= 4 is 203 Å². The number of ketones is 6. The fourth-order valence-corrected chi connectivity index (χ4v) is 22.7. The first-order chi connectivity index (χ1) is 71.3. The number of ether oxygens (including phenoxy) is 2. The minimum absolute atomic E-state index is 0.0184. The van der Waals surface area contributed by atoms with Crippen LogP contribution in [0.1, 0.15) is 92.4 Å². The number of halogens is 3. The molecule has 23 rings (SSSR count). The van der Waals surface area contributed by atoms with Gasteiger partial charge in [-0.1, -0.05) is 169 Å². The average molecular weight is 2030 g/mol. The molecule has 146 heavy (non-hydrogen) atoms. The number of rotatable bonds is 18. The molecule has 3 aliphatic heterocycles. The van der Waals surface area contributed by atoms with E-state index in [1.807, 2.05) is 249 Å². The van der Waals surface area contributed by atoms with Gasteiger partial charge in [-0.05, 0) is 135 Å². The number of anilines is 2. The van der Waals surface area contributed by atoms with E-state index < -0.39 is 0 Å². The first-order valence-electron chi connectivity index (χ1n) is 49.0. The molecule has 0 saturated carbocycles. The van der Waals surface area contributed by atoms with Crippen LogP contribution in [0.2, 0.25) is 15.1 Å². The van der Waals surface area contributed by atoms with Gasteiger partial charge >= 0.3 is 0 Å². The van der Waals surface area contributed by atoms with Crippen LogP contribution >= 0.6 is 46.6 Å². The van der Waals surface area contributed by atoms with E-state index in [0.717, 1.165) is 173 Å². The van der Waals surface area contributed by atoms with Crippen LogP contribution in [0.5, 0.6) is 0 Å².